The van der Waals surface area contributed by atoms with Gasteiger partial charge in [-0.05, 0) is 32.0 Å². The Morgan fingerprint density at radius 2 is 2.17 bits per heavy atom. The highest BCUT2D eigenvalue weighted by Crippen LogP contribution is 2.31. The van der Waals surface area contributed by atoms with Crippen LogP contribution in [0.25, 0.3) is 11.3 Å². The van der Waals surface area contributed by atoms with Crippen molar-refractivity contribution in [2.75, 3.05) is 0 Å². The molecule has 4 nitrogen and oxygen atoms in total. The lowest BCUT2D eigenvalue weighted by Crippen LogP contribution is -2.05. The standard InChI is InChI=1S/C13H12ClNO3/c1-8(2)17-12-4-3-9(5-11(12)14)13-6-10(7-16)15-18-13/h3-8H,1-2H3. The topological polar surface area (TPSA) is 52.3 Å². The second kappa shape index (κ2) is 5.23. The average Bonchev–Trinajstić information content (AvgIpc) is 2.80. The van der Waals surface area contributed by atoms with Crippen LogP contribution in [-0.2, 0) is 0 Å². The first-order valence-corrected chi connectivity index (χ1v) is 5.86. The molecule has 2 aromatic rings. The van der Waals surface area contributed by atoms with Gasteiger partial charge < -0.3 is 9.26 Å². The van der Waals surface area contributed by atoms with E-state index in [0.29, 0.717) is 22.8 Å². The van der Waals surface area contributed by atoms with Crippen molar-refractivity contribution in [3.8, 4) is 17.1 Å². The first-order chi connectivity index (χ1) is 8.60. The summed E-state index contributed by atoms with van der Waals surface area (Å²) < 4.78 is 10.6. The number of hydrogen-bond donors (Lipinski definition) is 0. The van der Waals surface area contributed by atoms with E-state index in [-0.39, 0.29) is 11.8 Å². The molecule has 0 unspecified atom stereocenters. The van der Waals surface area contributed by atoms with Gasteiger partial charge in [0.05, 0.1) is 11.1 Å². The van der Waals surface area contributed by atoms with Gasteiger partial charge in [-0.2, -0.15) is 0 Å². The highest BCUT2D eigenvalue weighted by molar-refractivity contribution is 6.32. The second-order valence-corrected chi connectivity index (χ2v) is 4.45. The van der Waals surface area contributed by atoms with Crippen molar-refractivity contribution in [2.45, 2.75) is 20.0 Å². The number of aromatic nitrogens is 1. The fraction of sp³-hybridized carbons (Fsp3) is 0.231. The number of aldehydes is 1. The molecule has 0 saturated carbocycles. The zero-order chi connectivity index (χ0) is 13.1. The van der Waals surface area contributed by atoms with Crippen molar-refractivity contribution < 1.29 is 14.1 Å². The molecule has 0 spiro atoms. The van der Waals surface area contributed by atoms with Crippen LogP contribution < -0.4 is 4.74 Å². The number of ether oxygens (including phenoxy) is 1. The lowest BCUT2D eigenvalue weighted by molar-refractivity contribution is 0.111. The minimum atomic E-state index is 0.0558. The number of nitrogens with zero attached hydrogens (tertiary/aromatic N) is 1. The third-order valence-corrected chi connectivity index (χ3v) is 2.52. The first kappa shape index (κ1) is 12.6. The number of benzene rings is 1. The molecule has 0 amide bonds. The van der Waals surface area contributed by atoms with Gasteiger partial charge >= 0.3 is 0 Å². The van der Waals surface area contributed by atoms with Gasteiger partial charge in [-0.15, -0.1) is 0 Å². The molecule has 0 N–H and O–H groups in total. The maximum Gasteiger partial charge on any atom is 0.171 e. The number of hydrogen-bond acceptors (Lipinski definition) is 4. The zero-order valence-electron chi connectivity index (χ0n) is 10.0. The Morgan fingerprint density at radius 1 is 1.39 bits per heavy atom. The Labute approximate surface area is 109 Å². The molecule has 1 aromatic heterocycles. The molecular formula is C13H12ClNO3. The monoisotopic (exact) mass is 265 g/mol. The van der Waals surface area contributed by atoms with Gasteiger partial charge in [0.25, 0.3) is 0 Å². The van der Waals surface area contributed by atoms with Crippen LogP contribution in [0.5, 0.6) is 5.75 Å². The minimum absolute atomic E-state index is 0.0558. The van der Waals surface area contributed by atoms with Crippen LogP contribution in [0, 0.1) is 0 Å². The van der Waals surface area contributed by atoms with E-state index in [1.165, 1.54) is 0 Å². The first-order valence-electron chi connectivity index (χ1n) is 5.48. The molecule has 94 valence electrons. The molecule has 0 aliphatic rings. The van der Waals surface area contributed by atoms with Crippen LogP contribution in [0.1, 0.15) is 24.3 Å². The Hall–Kier alpha value is -1.81. The van der Waals surface area contributed by atoms with E-state index in [9.17, 15) is 4.79 Å². The zero-order valence-corrected chi connectivity index (χ0v) is 10.8. The lowest BCUT2D eigenvalue weighted by atomic mass is 10.1. The van der Waals surface area contributed by atoms with E-state index in [0.717, 1.165) is 5.56 Å². The van der Waals surface area contributed by atoms with Crippen LogP contribution in [0.3, 0.4) is 0 Å². The average molecular weight is 266 g/mol. The fourth-order valence-corrected chi connectivity index (χ4v) is 1.71. The van der Waals surface area contributed by atoms with Crippen LogP contribution >= 0.6 is 11.6 Å². The minimum Gasteiger partial charge on any atom is -0.489 e. The highest BCUT2D eigenvalue weighted by atomic mass is 35.5. The van der Waals surface area contributed by atoms with E-state index in [1.54, 1.807) is 24.3 Å². The molecule has 0 fully saturated rings. The maximum absolute atomic E-state index is 10.5. The molecule has 0 saturated heterocycles. The summed E-state index contributed by atoms with van der Waals surface area (Å²) in [6.07, 6.45) is 0.686. The Kier molecular flexibility index (Phi) is 3.67. The number of rotatable bonds is 4. The van der Waals surface area contributed by atoms with Gasteiger partial charge in [-0.25, -0.2) is 0 Å². The van der Waals surface area contributed by atoms with Crippen LogP contribution in [-0.4, -0.2) is 17.5 Å². The smallest absolute Gasteiger partial charge is 0.171 e. The molecule has 0 bridgehead atoms. The predicted molar refractivity (Wildman–Crippen MR) is 68.1 cm³/mol. The summed E-state index contributed by atoms with van der Waals surface area (Å²) in [6, 6.07) is 6.84. The maximum atomic E-state index is 10.5. The molecule has 1 aromatic carbocycles. The summed E-state index contributed by atoms with van der Waals surface area (Å²) >= 11 is 6.11. The molecule has 2 rings (SSSR count). The van der Waals surface area contributed by atoms with Gasteiger partial charge in [0, 0.05) is 11.6 Å². The fourth-order valence-electron chi connectivity index (χ4n) is 1.48. The quantitative estimate of drug-likeness (QED) is 0.793. The van der Waals surface area contributed by atoms with Crippen LogP contribution in [0.2, 0.25) is 5.02 Å². The SMILES string of the molecule is CC(C)Oc1ccc(-c2cc(C=O)no2)cc1Cl. The van der Waals surface area contributed by atoms with Gasteiger partial charge in [0.1, 0.15) is 11.4 Å². The van der Waals surface area contributed by atoms with Gasteiger partial charge in [-0.3, -0.25) is 4.79 Å². The van der Waals surface area contributed by atoms with Crippen molar-refractivity contribution in [2.24, 2.45) is 0 Å². The van der Waals surface area contributed by atoms with Crippen LogP contribution in [0.15, 0.2) is 28.8 Å². The molecule has 0 aliphatic carbocycles. The van der Waals surface area contributed by atoms with Gasteiger partial charge in [0.15, 0.2) is 12.0 Å². The van der Waals surface area contributed by atoms with Crippen LogP contribution in [0.4, 0.5) is 0 Å². The summed E-state index contributed by atoms with van der Waals surface area (Å²) in [5.41, 5.74) is 1.00. The normalized spacial score (nSPS) is 10.7. The molecular weight excluding hydrogens is 254 g/mol. The van der Waals surface area contributed by atoms with E-state index < -0.39 is 0 Å². The summed E-state index contributed by atoms with van der Waals surface area (Å²) in [7, 11) is 0. The van der Waals surface area contributed by atoms with Crippen molar-refractivity contribution in [3.63, 3.8) is 0 Å². The van der Waals surface area contributed by atoms with Gasteiger partial charge in [0.2, 0.25) is 0 Å². The molecule has 18 heavy (non-hydrogen) atoms. The third kappa shape index (κ3) is 2.71. The number of carbonyl (C=O) groups excluding carboxylic acids is 1. The van der Waals surface area contributed by atoms with E-state index >= 15 is 0 Å². The predicted octanol–water partition coefficient (Wildman–Crippen LogP) is 3.59. The van der Waals surface area contributed by atoms with Gasteiger partial charge in [-0.1, -0.05) is 16.8 Å². The Bertz CT molecular complexity index is 563. The summed E-state index contributed by atoms with van der Waals surface area (Å²) in [6.45, 7) is 3.86. The van der Waals surface area contributed by atoms with Crippen molar-refractivity contribution in [1.29, 1.82) is 0 Å². The largest absolute Gasteiger partial charge is 0.489 e. The second-order valence-electron chi connectivity index (χ2n) is 4.05. The summed E-state index contributed by atoms with van der Waals surface area (Å²) in [5.74, 6) is 1.11. The van der Waals surface area contributed by atoms with Crippen molar-refractivity contribution in [3.05, 3.63) is 35.0 Å². The molecule has 1 heterocycles. The Morgan fingerprint density at radius 3 is 2.72 bits per heavy atom. The third-order valence-electron chi connectivity index (χ3n) is 2.23. The lowest BCUT2D eigenvalue weighted by Gasteiger charge is -2.11. The van der Waals surface area contributed by atoms with E-state index in [2.05, 4.69) is 5.16 Å². The Balaban J connectivity index is 2.30. The number of halogens is 1. The highest BCUT2D eigenvalue weighted by Gasteiger charge is 2.10. The molecule has 5 heteroatoms. The molecule has 0 atom stereocenters. The van der Waals surface area contributed by atoms with E-state index in [1.807, 2.05) is 13.8 Å². The van der Waals surface area contributed by atoms with E-state index in [4.69, 9.17) is 20.9 Å². The van der Waals surface area contributed by atoms with Crippen molar-refractivity contribution >= 4 is 17.9 Å². The molecule has 0 aliphatic heterocycles. The molecule has 0 radical (unpaired) electrons. The summed E-state index contributed by atoms with van der Waals surface area (Å²) in [4.78, 5) is 10.5. The summed E-state index contributed by atoms with van der Waals surface area (Å²) in [5, 5.41) is 4.09. The number of carbonyl (C=O) groups is 1. The van der Waals surface area contributed by atoms with Crippen molar-refractivity contribution in [1.82, 2.24) is 5.16 Å².